The van der Waals surface area contributed by atoms with Gasteiger partial charge in [0.05, 0.1) is 0 Å². The van der Waals surface area contributed by atoms with Crippen molar-refractivity contribution >= 4 is 23.5 Å². The molecule has 0 bridgehead atoms. The van der Waals surface area contributed by atoms with Crippen molar-refractivity contribution in [2.75, 3.05) is 18.0 Å². The van der Waals surface area contributed by atoms with E-state index < -0.39 is 47.0 Å². The summed E-state index contributed by atoms with van der Waals surface area (Å²) in [4.78, 5) is 38.8. The lowest BCUT2D eigenvalue weighted by atomic mass is 10.0. The Morgan fingerprint density at radius 1 is 0.892 bits per heavy atom. The van der Waals surface area contributed by atoms with E-state index in [2.05, 4.69) is 5.32 Å². The zero-order chi connectivity index (χ0) is 27.3. The van der Waals surface area contributed by atoms with Crippen molar-refractivity contribution in [2.45, 2.75) is 33.3 Å². The van der Waals surface area contributed by atoms with Gasteiger partial charge in [-0.1, -0.05) is 24.3 Å². The first-order valence-electron chi connectivity index (χ1n) is 11.6. The summed E-state index contributed by atoms with van der Waals surface area (Å²) in [5.74, 6) is -6.17. The highest BCUT2D eigenvalue weighted by Crippen LogP contribution is 2.28. The predicted molar refractivity (Wildman–Crippen MR) is 134 cm³/mol. The lowest BCUT2D eigenvalue weighted by Crippen LogP contribution is -2.39. The highest BCUT2D eigenvalue weighted by molar-refractivity contribution is 6.09. The second-order valence-corrected chi connectivity index (χ2v) is 9.21. The molecule has 0 aromatic heterocycles. The fraction of sp³-hybridized carbons (Fsp3) is 0.250. The molecule has 0 saturated carbocycles. The van der Waals surface area contributed by atoms with Gasteiger partial charge in [0, 0.05) is 29.9 Å². The van der Waals surface area contributed by atoms with Crippen LogP contribution in [0.5, 0.6) is 0 Å². The van der Waals surface area contributed by atoms with Crippen LogP contribution in [0.15, 0.2) is 60.7 Å². The molecular weight excluding hydrogens is 485 g/mol. The number of ether oxygens (including phenoxy) is 1. The van der Waals surface area contributed by atoms with E-state index >= 15 is 0 Å². The molecule has 0 radical (unpaired) electrons. The Labute approximate surface area is 213 Å². The van der Waals surface area contributed by atoms with Crippen molar-refractivity contribution in [3.8, 4) is 11.1 Å². The fourth-order valence-corrected chi connectivity index (χ4v) is 3.59. The lowest BCUT2D eigenvalue weighted by Gasteiger charge is -2.26. The molecule has 0 aliphatic carbocycles. The molecule has 194 valence electrons. The molecule has 2 amide bonds. The van der Waals surface area contributed by atoms with Crippen LogP contribution in [0.1, 0.15) is 48.4 Å². The average molecular weight is 513 g/mol. The monoisotopic (exact) mass is 512 g/mol. The van der Waals surface area contributed by atoms with Crippen LogP contribution < -0.4 is 10.2 Å². The van der Waals surface area contributed by atoms with Gasteiger partial charge in [-0.25, -0.2) is 13.2 Å². The van der Waals surface area contributed by atoms with Crippen molar-refractivity contribution < 1.29 is 32.3 Å². The average Bonchev–Trinajstić information content (AvgIpc) is 2.81. The number of carbonyl (C=O) groups is 3. The van der Waals surface area contributed by atoms with Gasteiger partial charge in [-0.2, -0.15) is 0 Å². The van der Waals surface area contributed by atoms with E-state index in [1.807, 2.05) is 6.92 Å². The molecule has 0 aliphatic heterocycles. The van der Waals surface area contributed by atoms with E-state index in [9.17, 15) is 27.6 Å². The maximum Gasteiger partial charge on any atom is 0.326 e. The van der Waals surface area contributed by atoms with Gasteiger partial charge in [-0.05, 0) is 63.1 Å². The maximum absolute atomic E-state index is 14.5. The fourth-order valence-electron chi connectivity index (χ4n) is 3.59. The SMILES string of the molecule is CCNC(=O)c1ccc(-c2cccc(N(CC(=O)OC(C)(C)C)C(=O)c3c(F)cc(F)cc3F)c2)cc1. The van der Waals surface area contributed by atoms with Crippen molar-refractivity contribution in [2.24, 2.45) is 0 Å². The van der Waals surface area contributed by atoms with Crippen molar-refractivity contribution in [1.82, 2.24) is 5.32 Å². The zero-order valence-corrected chi connectivity index (χ0v) is 20.9. The normalized spacial score (nSPS) is 11.1. The number of carbonyl (C=O) groups excluding carboxylic acids is 3. The number of hydrogen-bond donors (Lipinski definition) is 1. The Morgan fingerprint density at radius 2 is 1.51 bits per heavy atom. The first-order valence-corrected chi connectivity index (χ1v) is 11.6. The summed E-state index contributed by atoms with van der Waals surface area (Å²) in [6.45, 7) is 6.57. The van der Waals surface area contributed by atoms with Crippen LogP contribution in [0.25, 0.3) is 11.1 Å². The second kappa shape index (κ2) is 11.3. The van der Waals surface area contributed by atoms with Crippen molar-refractivity contribution in [3.05, 3.63) is 89.2 Å². The van der Waals surface area contributed by atoms with Crippen molar-refractivity contribution in [3.63, 3.8) is 0 Å². The number of nitrogens with zero attached hydrogens (tertiary/aromatic N) is 1. The van der Waals surface area contributed by atoms with Gasteiger partial charge in [0.2, 0.25) is 0 Å². The highest BCUT2D eigenvalue weighted by atomic mass is 19.1. The zero-order valence-electron chi connectivity index (χ0n) is 20.9. The number of esters is 1. The predicted octanol–water partition coefficient (Wildman–Crippen LogP) is 5.51. The first-order chi connectivity index (χ1) is 17.4. The summed E-state index contributed by atoms with van der Waals surface area (Å²) in [5.41, 5.74) is 0.0589. The maximum atomic E-state index is 14.5. The summed E-state index contributed by atoms with van der Waals surface area (Å²) in [6, 6.07) is 13.9. The molecule has 3 aromatic rings. The van der Waals surface area contributed by atoms with Gasteiger partial charge in [0.15, 0.2) is 0 Å². The molecule has 37 heavy (non-hydrogen) atoms. The molecule has 0 saturated heterocycles. The van der Waals surface area contributed by atoms with Gasteiger partial charge < -0.3 is 10.1 Å². The van der Waals surface area contributed by atoms with E-state index in [-0.39, 0.29) is 11.6 Å². The minimum atomic E-state index is -1.39. The molecule has 0 heterocycles. The lowest BCUT2D eigenvalue weighted by molar-refractivity contribution is -0.152. The largest absolute Gasteiger partial charge is 0.459 e. The molecule has 0 unspecified atom stereocenters. The Bertz CT molecular complexity index is 1290. The third-order valence-electron chi connectivity index (χ3n) is 5.15. The molecule has 6 nitrogen and oxygen atoms in total. The van der Waals surface area contributed by atoms with E-state index in [1.54, 1.807) is 63.2 Å². The Morgan fingerprint density at radius 3 is 2.08 bits per heavy atom. The van der Waals surface area contributed by atoms with Gasteiger partial charge in [-0.15, -0.1) is 0 Å². The summed E-state index contributed by atoms with van der Waals surface area (Å²) in [6.07, 6.45) is 0. The summed E-state index contributed by atoms with van der Waals surface area (Å²) < 4.78 is 47.7. The third kappa shape index (κ3) is 6.97. The number of nitrogens with one attached hydrogen (secondary N) is 1. The summed E-state index contributed by atoms with van der Waals surface area (Å²) in [7, 11) is 0. The molecule has 0 aliphatic rings. The molecule has 3 aromatic carbocycles. The Balaban J connectivity index is 2.02. The van der Waals surface area contributed by atoms with Crippen LogP contribution in [-0.2, 0) is 9.53 Å². The minimum absolute atomic E-state index is 0.157. The number of benzene rings is 3. The number of halogens is 3. The smallest absolute Gasteiger partial charge is 0.326 e. The molecule has 0 fully saturated rings. The molecule has 0 spiro atoms. The molecule has 9 heteroatoms. The van der Waals surface area contributed by atoms with Gasteiger partial charge in [-0.3, -0.25) is 19.3 Å². The van der Waals surface area contributed by atoms with E-state index in [4.69, 9.17) is 4.74 Å². The van der Waals surface area contributed by atoms with Crippen LogP contribution >= 0.6 is 0 Å². The Hall–Kier alpha value is -4.14. The highest BCUT2D eigenvalue weighted by Gasteiger charge is 2.29. The number of anilines is 1. The van der Waals surface area contributed by atoms with Gasteiger partial charge in [0.25, 0.3) is 11.8 Å². The number of hydrogen-bond acceptors (Lipinski definition) is 4. The van der Waals surface area contributed by atoms with E-state index in [0.717, 1.165) is 4.90 Å². The molecular formula is C28H27F3N2O4. The standard InChI is InChI=1S/C28H27F3N2O4/c1-5-32-26(35)18-11-9-17(10-12-18)19-7-6-8-21(13-19)33(16-24(34)37-28(2,3)4)27(36)25-22(30)14-20(29)15-23(25)31/h6-15H,5,16H2,1-4H3,(H,32,35). The van der Waals surface area contributed by atoms with Gasteiger partial charge in [0.1, 0.15) is 35.2 Å². The van der Waals surface area contributed by atoms with E-state index in [0.29, 0.717) is 35.4 Å². The molecule has 1 N–H and O–H groups in total. The summed E-state index contributed by atoms with van der Waals surface area (Å²) >= 11 is 0. The number of rotatable bonds is 7. The number of amides is 2. The quantitative estimate of drug-likeness (QED) is 0.424. The molecule has 0 atom stereocenters. The summed E-state index contributed by atoms with van der Waals surface area (Å²) in [5, 5.41) is 2.71. The molecule has 3 rings (SSSR count). The Kier molecular flexibility index (Phi) is 8.37. The van der Waals surface area contributed by atoms with Crippen LogP contribution in [-0.4, -0.2) is 36.5 Å². The van der Waals surface area contributed by atoms with Crippen LogP contribution in [0.4, 0.5) is 18.9 Å². The van der Waals surface area contributed by atoms with Gasteiger partial charge >= 0.3 is 5.97 Å². The first kappa shape index (κ1) is 27.4. The van der Waals surface area contributed by atoms with E-state index in [1.165, 1.54) is 6.07 Å². The second-order valence-electron chi connectivity index (χ2n) is 9.21. The van der Waals surface area contributed by atoms with Crippen LogP contribution in [0.3, 0.4) is 0 Å². The van der Waals surface area contributed by atoms with Crippen molar-refractivity contribution in [1.29, 1.82) is 0 Å². The minimum Gasteiger partial charge on any atom is -0.459 e. The van der Waals surface area contributed by atoms with Crippen LogP contribution in [0.2, 0.25) is 0 Å². The van der Waals surface area contributed by atoms with Crippen LogP contribution in [0, 0.1) is 17.5 Å². The topological polar surface area (TPSA) is 75.7 Å². The third-order valence-corrected chi connectivity index (χ3v) is 5.15.